The van der Waals surface area contributed by atoms with Crippen LogP contribution in [0.4, 0.5) is 32.3 Å². The lowest BCUT2D eigenvalue weighted by Crippen LogP contribution is -3.00. The van der Waals surface area contributed by atoms with Crippen molar-refractivity contribution >= 4 is 46.8 Å². The Labute approximate surface area is 222 Å². The van der Waals surface area contributed by atoms with Crippen LogP contribution in [0.15, 0.2) is 67.3 Å². The van der Waals surface area contributed by atoms with Gasteiger partial charge in [0.1, 0.15) is 12.4 Å². The van der Waals surface area contributed by atoms with Crippen LogP contribution in [0.5, 0.6) is 0 Å². The van der Waals surface area contributed by atoms with E-state index < -0.39 is 24.0 Å². The summed E-state index contributed by atoms with van der Waals surface area (Å²) in [6, 6.07) is 11.7. The first-order valence-electron chi connectivity index (χ1n) is 10.7. The Morgan fingerprint density at radius 2 is 1.26 bits per heavy atom. The maximum Gasteiger partial charge on any atom is 0.411 e. The van der Waals surface area contributed by atoms with Crippen molar-refractivity contribution in [3.63, 3.8) is 0 Å². The van der Waals surface area contributed by atoms with Crippen molar-refractivity contribution < 1.29 is 56.0 Å². The van der Waals surface area contributed by atoms with E-state index in [9.17, 15) is 29.6 Å². The molecule has 1 aromatic heterocycles. The highest BCUT2D eigenvalue weighted by Crippen LogP contribution is 2.18. The zero-order chi connectivity index (χ0) is 26.9. The second-order valence-electron chi connectivity index (χ2n) is 7.50. The van der Waals surface area contributed by atoms with Gasteiger partial charge in [-0.3, -0.25) is 30.6 Å². The first-order valence-corrected chi connectivity index (χ1v) is 10.7. The highest BCUT2D eigenvalue weighted by Gasteiger charge is 2.20. The summed E-state index contributed by atoms with van der Waals surface area (Å²) in [5.74, 6) is -1.32. The van der Waals surface area contributed by atoms with Gasteiger partial charge in [0.2, 0.25) is 6.33 Å². The summed E-state index contributed by atoms with van der Waals surface area (Å²) in [6.45, 7) is -0.477. The van der Waals surface area contributed by atoms with Crippen molar-refractivity contribution in [1.82, 2.24) is 4.57 Å². The SMILES string of the molecule is COC(=O)Nc1ccc(N(O)C(=O)Cn2cc[n+](CC(=O)N(O)c3ccc(NC(=O)OC)cc3)c2)cc1.[Cl-]. The number of aromatic nitrogens is 2. The number of imidazole rings is 1. The number of ether oxygens (including phenoxy) is 2. The molecular weight excluding hydrogens is 524 g/mol. The number of carbonyl (C=O) groups is 4. The Balaban J connectivity index is 0.00000507. The van der Waals surface area contributed by atoms with E-state index in [0.717, 1.165) is 0 Å². The van der Waals surface area contributed by atoms with Gasteiger partial charge in [-0.2, -0.15) is 10.1 Å². The largest absolute Gasteiger partial charge is 1.00 e. The number of halogens is 1. The number of benzene rings is 2. The number of hydrogen-bond donors (Lipinski definition) is 4. The molecule has 4 amide bonds. The molecule has 14 nitrogen and oxygen atoms in total. The van der Waals surface area contributed by atoms with E-state index in [1.165, 1.54) is 90.6 Å². The maximum atomic E-state index is 12.5. The smallest absolute Gasteiger partial charge is 0.411 e. The van der Waals surface area contributed by atoms with Gasteiger partial charge in [-0.1, -0.05) is 0 Å². The fraction of sp³-hybridized carbons (Fsp3) is 0.174. The van der Waals surface area contributed by atoms with E-state index in [0.29, 0.717) is 21.5 Å². The van der Waals surface area contributed by atoms with Crippen LogP contribution >= 0.6 is 0 Å². The molecular formula is C23H25ClN6O8. The lowest BCUT2D eigenvalue weighted by molar-refractivity contribution is -0.683. The number of rotatable bonds is 8. The molecule has 202 valence electrons. The molecule has 0 atom stereocenters. The van der Waals surface area contributed by atoms with Gasteiger partial charge < -0.3 is 21.9 Å². The normalized spacial score (nSPS) is 10.0. The van der Waals surface area contributed by atoms with E-state index in [4.69, 9.17) is 0 Å². The molecule has 0 saturated heterocycles. The second kappa shape index (κ2) is 13.6. The Kier molecular flexibility index (Phi) is 10.6. The molecule has 0 aliphatic heterocycles. The third kappa shape index (κ3) is 7.92. The molecule has 1 heterocycles. The summed E-state index contributed by atoms with van der Waals surface area (Å²) in [5.41, 5.74) is 1.19. The number of nitrogens with zero attached hydrogens (tertiary/aromatic N) is 4. The van der Waals surface area contributed by atoms with Crippen molar-refractivity contribution in [3.05, 3.63) is 67.3 Å². The lowest BCUT2D eigenvalue weighted by Gasteiger charge is -2.14. The number of hydrogen-bond acceptors (Lipinski definition) is 8. The number of anilines is 4. The average molecular weight is 549 g/mol. The quantitative estimate of drug-likeness (QED) is 0.158. The number of hydroxylamine groups is 2. The van der Waals surface area contributed by atoms with Crippen molar-refractivity contribution in [1.29, 1.82) is 0 Å². The van der Waals surface area contributed by atoms with Gasteiger partial charge in [0, 0.05) is 11.4 Å². The third-order valence-electron chi connectivity index (χ3n) is 4.94. The Hall–Kier alpha value is -4.66. The summed E-state index contributed by atoms with van der Waals surface area (Å²) in [4.78, 5) is 47.4. The van der Waals surface area contributed by atoms with Crippen molar-refractivity contribution in [2.75, 3.05) is 35.0 Å². The van der Waals surface area contributed by atoms with Crippen molar-refractivity contribution in [2.24, 2.45) is 0 Å². The minimum Gasteiger partial charge on any atom is -1.00 e. The van der Waals surface area contributed by atoms with E-state index in [-0.39, 0.29) is 36.9 Å². The number of amides is 4. The number of carbonyl (C=O) groups excluding carboxylic acids is 4. The molecule has 15 heteroatoms. The van der Waals surface area contributed by atoms with E-state index in [1.807, 2.05) is 0 Å². The minimum absolute atomic E-state index is 0. The maximum absolute atomic E-state index is 12.5. The van der Waals surface area contributed by atoms with Crippen LogP contribution in [0.25, 0.3) is 0 Å². The van der Waals surface area contributed by atoms with Crippen molar-refractivity contribution in [3.8, 4) is 0 Å². The zero-order valence-corrected chi connectivity index (χ0v) is 21.0. The van der Waals surface area contributed by atoms with Gasteiger partial charge in [0.05, 0.1) is 25.6 Å². The number of methoxy groups -OCH3 is 2. The molecule has 0 bridgehead atoms. The summed E-state index contributed by atoms with van der Waals surface area (Å²) in [5, 5.41) is 26.3. The van der Waals surface area contributed by atoms with Crippen LogP contribution in [0.2, 0.25) is 0 Å². The summed E-state index contributed by atoms with van der Waals surface area (Å²) in [6.07, 6.45) is 3.21. The van der Waals surface area contributed by atoms with Gasteiger partial charge in [0.25, 0.3) is 11.8 Å². The monoisotopic (exact) mass is 548 g/mol. The lowest BCUT2D eigenvalue weighted by atomic mass is 10.2. The van der Waals surface area contributed by atoms with Crippen LogP contribution < -0.4 is 37.7 Å². The minimum atomic E-state index is -0.660. The van der Waals surface area contributed by atoms with E-state index in [2.05, 4.69) is 20.1 Å². The molecule has 0 aliphatic carbocycles. The van der Waals surface area contributed by atoms with Gasteiger partial charge in [0.15, 0.2) is 13.1 Å². The van der Waals surface area contributed by atoms with Gasteiger partial charge in [-0.05, 0) is 48.5 Å². The number of nitrogens with one attached hydrogen (secondary N) is 2. The first kappa shape index (κ1) is 29.6. The first-order chi connectivity index (χ1) is 17.7. The van der Waals surface area contributed by atoms with Crippen LogP contribution in [0, 0.1) is 0 Å². The molecule has 0 fully saturated rings. The van der Waals surface area contributed by atoms with Gasteiger partial charge in [-0.25, -0.2) is 18.7 Å². The zero-order valence-electron chi connectivity index (χ0n) is 20.3. The van der Waals surface area contributed by atoms with Crippen molar-refractivity contribution in [2.45, 2.75) is 13.1 Å². The molecule has 3 rings (SSSR count). The average Bonchev–Trinajstić information content (AvgIpc) is 3.34. The van der Waals surface area contributed by atoms with Gasteiger partial charge >= 0.3 is 12.2 Å². The summed E-state index contributed by atoms with van der Waals surface area (Å²) >= 11 is 0. The predicted molar refractivity (Wildman–Crippen MR) is 128 cm³/mol. The molecule has 0 unspecified atom stereocenters. The highest BCUT2D eigenvalue weighted by molar-refractivity contribution is 5.92. The third-order valence-corrected chi connectivity index (χ3v) is 4.94. The van der Waals surface area contributed by atoms with E-state index in [1.54, 1.807) is 0 Å². The topological polar surface area (TPSA) is 167 Å². The Bertz CT molecular complexity index is 1170. The molecule has 2 aromatic carbocycles. The molecule has 0 spiro atoms. The summed E-state index contributed by atoms with van der Waals surface area (Å²) < 4.78 is 11.9. The molecule has 4 N–H and O–H groups in total. The molecule has 38 heavy (non-hydrogen) atoms. The Morgan fingerprint density at radius 3 is 1.71 bits per heavy atom. The molecule has 0 saturated carbocycles. The van der Waals surface area contributed by atoms with Crippen LogP contribution in [-0.4, -0.2) is 53.2 Å². The fourth-order valence-corrected chi connectivity index (χ4v) is 3.07. The predicted octanol–water partition coefficient (Wildman–Crippen LogP) is -1.02. The highest BCUT2D eigenvalue weighted by atomic mass is 35.5. The molecule has 3 aromatic rings. The van der Waals surface area contributed by atoms with Crippen LogP contribution in [-0.2, 0) is 32.2 Å². The van der Waals surface area contributed by atoms with Gasteiger partial charge in [-0.15, -0.1) is 0 Å². The molecule has 0 aliphatic rings. The van der Waals surface area contributed by atoms with Crippen LogP contribution in [0.1, 0.15) is 0 Å². The standard InChI is InChI=1S/C23H24N6O8.ClH/c1-36-22(32)24-16-3-7-18(8-4-16)28(34)20(30)13-26-11-12-27(15-26)14-21(31)29(35)19-9-5-17(6-10-19)25-23(33)37-2;/h3-12,15,34-35H,13-14H2,1-2H3,(H-,24,25,32,33);1H. The second-order valence-corrected chi connectivity index (χ2v) is 7.50. The fourth-order valence-electron chi connectivity index (χ4n) is 3.07. The summed E-state index contributed by atoms with van der Waals surface area (Å²) in [7, 11) is 2.45. The van der Waals surface area contributed by atoms with E-state index >= 15 is 0 Å². The van der Waals surface area contributed by atoms with Crippen LogP contribution in [0.3, 0.4) is 0 Å². The molecule has 0 radical (unpaired) electrons. The Morgan fingerprint density at radius 1 is 0.816 bits per heavy atom.